The summed E-state index contributed by atoms with van der Waals surface area (Å²) >= 11 is 0. The smallest absolute Gasteiger partial charge is 0.264 e. The van der Waals surface area contributed by atoms with Gasteiger partial charge in [0.2, 0.25) is 0 Å². The summed E-state index contributed by atoms with van der Waals surface area (Å²) in [5.74, 6) is -0.0967. The van der Waals surface area contributed by atoms with E-state index in [0.29, 0.717) is 0 Å². The molecule has 0 spiro atoms. The van der Waals surface area contributed by atoms with Crippen LogP contribution in [0.25, 0.3) is 6.08 Å². The molecule has 1 atom stereocenters. The highest BCUT2D eigenvalue weighted by molar-refractivity contribution is 7.89. The zero-order valence-corrected chi connectivity index (χ0v) is 16.5. The molecule has 2 aromatic rings. The van der Waals surface area contributed by atoms with Crippen LogP contribution in [0.1, 0.15) is 25.0 Å². The second-order valence-electron chi connectivity index (χ2n) is 7.26. The largest absolute Gasteiger partial charge is 0.294 e. The minimum absolute atomic E-state index is 0.0967. The van der Waals surface area contributed by atoms with Gasteiger partial charge in [0.25, 0.3) is 10.0 Å². The molecule has 0 aliphatic carbocycles. The van der Waals surface area contributed by atoms with Gasteiger partial charge in [-0.15, -0.1) is 0 Å². The van der Waals surface area contributed by atoms with Gasteiger partial charge in [-0.2, -0.15) is 0 Å². The lowest BCUT2D eigenvalue weighted by Crippen LogP contribution is -2.50. The lowest BCUT2D eigenvalue weighted by atomic mass is 9.78. The first-order valence-electron chi connectivity index (χ1n) is 8.79. The number of rotatable bonds is 4. The van der Waals surface area contributed by atoms with Crippen molar-refractivity contribution in [3.05, 3.63) is 84.1 Å². The summed E-state index contributed by atoms with van der Waals surface area (Å²) in [6.45, 7) is 5.46. The van der Waals surface area contributed by atoms with Crippen LogP contribution in [0, 0.1) is 12.3 Å². The molecule has 1 unspecified atom stereocenters. The fourth-order valence-electron chi connectivity index (χ4n) is 3.07. The van der Waals surface area contributed by atoms with Crippen molar-refractivity contribution in [2.75, 3.05) is 0 Å². The van der Waals surface area contributed by atoms with E-state index in [4.69, 9.17) is 0 Å². The van der Waals surface area contributed by atoms with Gasteiger partial charge in [-0.25, -0.2) is 8.42 Å². The number of carbonyl (C=O) groups is 1. The number of hydrogen-bond donors (Lipinski definition) is 0. The van der Waals surface area contributed by atoms with Gasteiger partial charge in [0.05, 0.1) is 16.4 Å². The molecule has 1 aliphatic heterocycles. The molecule has 0 aromatic heterocycles. The molecule has 2 aromatic carbocycles. The molecule has 3 rings (SSSR count). The number of allylic oxidation sites excluding steroid dienone is 1. The Morgan fingerprint density at radius 3 is 2.26 bits per heavy atom. The van der Waals surface area contributed by atoms with E-state index < -0.39 is 21.5 Å². The predicted molar refractivity (Wildman–Crippen MR) is 107 cm³/mol. The Kier molecular flexibility index (Phi) is 5.07. The molecular formula is C22H23NO3S. The number of aryl methyl sites for hydroxylation is 1. The van der Waals surface area contributed by atoms with Crippen molar-refractivity contribution in [2.45, 2.75) is 31.7 Å². The normalized spacial score (nSPS) is 19.6. The van der Waals surface area contributed by atoms with E-state index >= 15 is 0 Å². The van der Waals surface area contributed by atoms with Gasteiger partial charge in [-0.1, -0.05) is 74.0 Å². The highest BCUT2D eigenvalue weighted by atomic mass is 32.2. The number of ketones is 1. The molecule has 0 radical (unpaired) electrons. The first-order valence-corrected chi connectivity index (χ1v) is 10.2. The molecule has 5 heteroatoms. The molecule has 0 amide bonds. The average Bonchev–Trinajstić information content (AvgIpc) is 2.64. The topological polar surface area (TPSA) is 54.5 Å². The number of benzene rings is 2. The monoisotopic (exact) mass is 381 g/mol. The minimum atomic E-state index is -3.78. The van der Waals surface area contributed by atoms with Crippen LogP contribution in [0.3, 0.4) is 0 Å². The molecule has 4 nitrogen and oxygen atoms in total. The second kappa shape index (κ2) is 7.16. The third-order valence-electron chi connectivity index (χ3n) is 4.89. The van der Waals surface area contributed by atoms with Gasteiger partial charge in [-0.05, 0) is 30.7 Å². The van der Waals surface area contributed by atoms with Crippen LogP contribution in [0.5, 0.6) is 0 Å². The van der Waals surface area contributed by atoms with E-state index in [1.165, 1.54) is 16.6 Å². The Bertz CT molecular complexity index is 988. The van der Waals surface area contributed by atoms with E-state index in [1.807, 2.05) is 43.3 Å². The zero-order valence-electron chi connectivity index (χ0n) is 15.7. The molecule has 140 valence electrons. The summed E-state index contributed by atoms with van der Waals surface area (Å²) in [5.41, 5.74) is 1.06. The van der Waals surface area contributed by atoms with E-state index in [9.17, 15) is 13.2 Å². The van der Waals surface area contributed by atoms with Crippen molar-refractivity contribution in [1.82, 2.24) is 4.31 Å². The van der Waals surface area contributed by atoms with E-state index in [0.717, 1.165) is 11.1 Å². The molecule has 0 N–H and O–H groups in total. The molecule has 1 aliphatic rings. The Morgan fingerprint density at radius 1 is 1.00 bits per heavy atom. The summed E-state index contributed by atoms with van der Waals surface area (Å²) in [5, 5.41) is 0. The van der Waals surface area contributed by atoms with Crippen LogP contribution >= 0.6 is 0 Å². The maximum absolute atomic E-state index is 13.2. The third-order valence-corrected chi connectivity index (χ3v) is 6.66. The summed E-state index contributed by atoms with van der Waals surface area (Å²) in [6, 6.07) is 15.7. The molecule has 0 saturated carbocycles. The van der Waals surface area contributed by atoms with E-state index in [1.54, 1.807) is 44.2 Å². The lowest BCUT2D eigenvalue weighted by Gasteiger charge is -2.40. The van der Waals surface area contributed by atoms with Gasteiger partial charge in [0.15, 0.2) is 5.78 Å². The number of sulfonamides is 1. The van der Waals surface area contributed by atoms with Gasteiger partial charge < -0.3 is 0 Å². The van der Waals surface area contributed by atoms with E-state index in [-0.39, 0.29) is 10.7 Å². The summed E-state index contributed by atoms with van der Waals surface area (Å²) in [7, 11) is -3.78. The molecule has 0 saturated heterocycles. The third kappa shape index (κ3) is 3.74. The summed E-state index contributed by atoms with van der Waals surface area (Å²) in [6.07, 6.45) is 6.38. The second-order valence-corrected chi connectivity index (χ2v) is 9.11. The van der Waals surface area contributed by atoms with Crippen molar-refractivity contribution >= 4 is 21.9 Å². The standard InChI is InChI=1S/C22H23NO3S/c1-17-9-12-19(13-10-17)27(25,26)23-16-15-21(24)22(2,3)20(23)14-11-18-7-5-4-6-8-18/h4-16,20H,1-3H3/b14-11+. The van der Waals surface area contributed by atoms with Crippen molar-refractivity contribution in [3.63, 3.8) is 0 Å². The Balaban J connectivity index is 2.05. The maximum atomic E-state index is 13.2. The number of hydrogen-bond acceptors (Lipinski definition) is 3. The van der Waals surface area contributed by atoms with Crippen LogP contribution in [0.15, 0.2) is 77.8 Å². The van der Waals surface area contributed by atoms with Gasteiger partial charge in [-0.3, -0.25) is 9.10 Å². The molecule has 0 fully saturated rings. The SMILES string of the molecule is Cc1ccc(S(=O)(=O)N2C=CC(=O)C(C)(C)C2/C=C/c2ccccc2)cc1. The first kappa shape index (κ1) is 19.1. The quantitative estimate of drug-likeness (QED) is 0.798. The maximum Gasteiger partial charge on any atom is 0.264 e. The number of nitrogens with zero attached hydrogens (tertiary/aromatic N) is 1. The fraction of sp³-hybridized carbons (Fsp3) is 0.227. The predicted octanol–water partition coefficient (Wildman–Crippen LogP) is 4.19. The number of carbonyl (C=O) groups excluding carboxylic acids is 1. The Morgan fingerprint density at radius 2 is 1.63 bits per heavy atom. The van der Waals surface area contributed by atoms with Gasteiger partial charge >= 0.3 is 0 Å². The highest BCUT2D eigenvalue weighted by Gasteiger charge is 2.44. The van der Waals surface area contributed by atoms with Crippen LogP contribution in [0.2, 0.25) is 0 Å². The lowest BCUT2D eigenvalue weighted by molar-refractivity contribution is -0.124. The Labute approximate surface area is 160 Å². The molecular weight excluding hydrogens is 358 g/mol. The fourth-order valence-corrected chi connectivity index (χ4v) is 4.64. The molecule has 27 heavy (non-hydrogen) atoms. The van der Waals surface area contributed by atoms with Crippen molar-refractivity contribution in [3.8, 4) is 0 Å². The van der Waals surface area contributed by atoms with Gasteiger partial charge in [0.1, 0.15) is 0 Å². The average molecular weight is 381 g/mol. The summed E-state index contributed by atoms with van der Waals surface area (Å²) < 4.78 is 27.8. The van der Waals surface area contributed by atoms with Crippen molar-refractivity contribution in [1.29, 1.82) is 0 Å². The highest BCUT2D eigenvalue weighted by Crippen LogP contribution is 2.36. The van der Waals surface area contributed by atoms with Crippen LogP contribution < -0.4 is 0 Å². The van der Waals surface area contributed by atoms with Crippen molar-refractivity contribution in [2.24, 2.45) is 5.41 Å². The molecule has 1 heterocycles. The Hall–Kier alpha value is -2.66. The minimum Gasteiger partial charge on any atom is -0.294 e. The van der Waals surface area contributed by atoms with Crippen LogP contribution in [-0.2, 0) is 14.8 Å². The molecule has 0 bridgehead atoms. The zero-order chi connectivity index (χ0) is 19.7. The van der Waals surface area contributed by atoms with Crippen LogP contribution in [0.4, 0.5) is 0 Å². The summed E-state index contributed by atoms with van der Waals surface area (Å²) in [4.78, 5) is 12.7. The van der Waals surface area contributed by atoms with E-state index in [2.05, 4.69) is 0 Å². The van der Waals surface area contributed by atoms with Gasteiger partial charge in [0, 0.05) is 6.20 Å². The first-order chi connectivity index (χ1) is 12.7. The van der Waals surface area contributed by atoms with Crippen LogP contribution in [-0.4, -0.2) is 24.5 Å². The van der Waals surface area contributed by atoms with Crippen molar-refractivity contribution < 1.29 is 13.2 Å².